The molecular formula is C18H18Cl4. The molecule has 0 aliphatic rings. The molecule has 0 aromatic heterocycles. The fraction of sp³-hybridized carbons (Fsp3) is 0.333. The van der Waals surface area contributed by atoms with Gasteiger partial charge in [-0.05, 0) is 72.2 Å². The largest absolute Gasteiger partial charge is 0.0840 e. The van der Waals surface area contributed by atoms with Crippen LogP contribution in [0.1, 0.15) is 36.1 Å². The van der Waals surface area contributed by atoms with E-state index in [9.17, 15) is 0 Å². The minimum Gasteiger partial charge on any atom is -0.0840 e. The third-order valence-electron chi connectivity index (χ3n) is 3.86. The van der Waals surface area contributed by atoms with Gasteiger partial charge in [0.2, 0.25) is 0 Å². The maximum Gasteiger partial charge on any atom is 0.0441 e. The van der Waals surface area contributed by atoms with Crippen LogP contribution in [0, 0.1) is 0 Å². The molecule has 0 amide bonds. The summed E-state index contributed by atoms with van der Waals surface area (Å²) in [4.78, 5) is 0. The van der Waals surface area contributed by atoms with Gasteiger partial charge in [0.05, 0.1) is 0 Å². The molecule has 0 nitrogen and oxygen atoms in total. The summed E-state index contributed by atoms with van der Waals surface area (Å²) >= 11 is 25.2. The highest BCUT2D eigenvalue weighted by atomic mass is 35.5. The van der Waals surface area contributed by atoms with Crippen molar-refractivity contribution in [2.75, 3.05) is 0 Å². The maximum absolute atomic E-state index is 6.35. The summed E-state index contributed by atoms with van der Waals surface area (Å²) in [6, 6.07) is 7.82. The molecule has 0 aliphatic heterocycles. The van der Waals surface area contributed by atoms with E-state index in [1.807, 2.05) is 24.3 Å². The van der Waals surface area contributed by atoms with Gasteiger partial charge in [0.15, 0.2) is 0 Å². The lowest BCUT2D eigenvalue weighted by Crippen LogP contribution is -1.96. The lowest BCUT2D eigenvalue weighted by Gasteiger charge is -2.11. The van der Waals surface area contributed by atoms with Crippen LogP contribution in [0.25, 0.3) is 0 Å². The number of rotatable bonds is 5. The number of benzene rings is 2. The molecule has 2 aromatic rings. The molecule has 4 heteroatoms. The molecule has 0 saturated carbocycles. The first-order valence-corrected chi connectivity index (χ1v) is 8.91. The van der Waals surface area contributed by atoms with Crippen LogP contribution in [0.3, 0.4) is 0 Å². The molecule has 118 valence electrons. The van der Waals surface area contributed by atoms with Gasteiger partial charge in [0.1, 0.15) is 0 Å². The van der Waals surface area contributed by atoms with Crippen molar-refractivity contribution in [3.63, 3.8) is 0 Å². The summed E-state index contributed by atoms with van der Waals surface area (Å²) in [7, 11) is 0. The van der Waals surface area contributed by atoms with E-state index in [1.165, 1.54) is 0 Å². The fourth-order valence-electron chi connectivity index (χ4n) is 2.45. The SMILES string of the molecule is CCc1cc(Cl)c(CCc2cc(Cl)c(CC)cc2Cl)cc1Cl. The van der Waals surface area contributed by atoms with E-state index in [1.54, 1.807) is 0 Å². The van der Waals surface area contributed by atoms with Crippen LogP contribution in [0.15, 0.2) is 24.3 Å². The average Bonchev–Trinajstić information content (AvgIpc) is 2.50. The lowest BCUT2D eigenvalue weighted by molar-refractivity contribution is 0.954. The molecule has 2 aromatic carbocycles. The van der Waals surface area contributed by atoms with Gasteiger partial charge in [0.25, 0.3) is 0 Å². The Morgan fingerprint density at radius 1 is 0.545 bits per heavy atom. The van der Waals surface area contributed by atoms with Crippen LogP contribution in [-0.2, 0) is 25.7 Å². The van der Waals surface area contributed by atoms with E-state index in [0.29, 0.717) is 0 Å². The highest BCUT2D eigenvalue weighted by Crippen LogP contribution is 2.30. The molecule has 0 atom stereocenters. The van der Waals surface area contributed by atoms with Crippen molar-refractivity contribution in [2.24, 2.45) is 0 Å². The summed E-state index contributed by atoms with van der Waals surface area (Å²) in [6.45, 7) is 4.13. The van der Waals surface area contributed by atoms with Crippen molar-refractivity contribution < 1.29 is 0 Å². The highest BCUT2D eigenvalue weighted by molar-refractivity contribution is 6.34. The van der Waals surface area contributed by atoms with Crippen LogP contribution in [-0.4, -0.2) is 0 Å². The average molecular weight is 376 g/mol. The van der Waals surface area contributed by atoms with Gasteiger partial charge in [-0.25, -0.2) is 0 Å². The molecule has 22 heavy (non-hydrogen) atoms. The molecule has 0 fully saturated rings. The third kappa shape index (κ3) is 4.11. The van der Waals surface area contributed by atoms with Crippen LogP contribution in [0.2, 0.25) is 20.1 Å². The van der Waals surface area contributed by atoms with Gasteiger partial charge in [0, 0.05) is 20.1 Å². The van der Waals surface area contributed by atoms with Gasteiger partial charge in [-0.1, -0.05) is 60.3 Å². The predicted octanol–water partition coefficient (Wildman–Crippen LogP) is 7.21. The van der Waals surface area contributed by atoms with E-state index in [-0.39, 0.29) is 0 Å². The van der Waals surface area contributed by atoms with E-state index >= 15 is 0 Å². The molecule has 0 heterocycles. The van der Waals surface area contributed by atoms with Crippen molar-refractivity contribution in [1.82, 2.24) is 0 Å². The minimum atomic E-state index is 0.758. The van der Waals surface area contributed by atoms with Crippen LogP contribution >= 0.6 is 46.4 Å². The Hall–Kier alpha value is -0.400. The van der Waals surface area contributed by atoms with Crippen LogP contribution in [0.5, 0.6) is 0 Å². The molecule has 0 radical (unpaired) electrons. The topological polar surface area (TPSA) is 0 Å². The number of halogens is 4. The molecule has 0 unspecified atom stereocenters. The van der Waals surface area contributed by atoms with E-state index in [0.717, 1.165) is 68.0 Å². The number of hydrogen-bond donors (Lipinski definition) is 0. The van der Waals surface area contributed by atoms with Gasteiger partial charge in [-0.2, -0.15) is 0 Å². The highest BCUT2D eigenvalue weighted by Gasteiger charge is 2.10. The van der Waals surface area contributed by atoms with Crippen molar-refractivity contribution in [3.05, 3.63) is 66.6 Å². The quantitative estimate of drug-likeness (QED) is 0.517. The second-order valence-electron chi connectivity index (χ2n) is 5.28. The molecule has 2 rings (SSSR count). The third-order valence-corrected chi connectivity index (χ3v) is 5.26. The summed E-state index contributed by atoms with van der Waals surface area (Å²) < 4.78 is 0. The molecule has 0 spiro atoms. The first-order valence-electron chi connectivity index (χ1n) is 7.39. The standard InChI is InChI=1S/C18H18Cl4/c1-3-11-7-17(21)13(9-15(11)19)5-6-14-10-16(20)12(4-2)8-18(14)22/h7-10H,3-6H2,1-2H3. The zero-order valence-electron chi connectivity index (χ0n) is 12.6. The minimum absolute atomic E-state index is 0.758. The molecule has 0 N–H and O–H groups in total. The first kappa shape index (κ1) is 17.9. The van der Waals surface area contributed by atoms with Crippen LogP contribution < -0.4 is 0 Å². The molecule has 0 bridgehead atoms. The van der Waals surface area contributed by atoms with Crippen molar-refractivity contribution in [2.45, 2.75) is 39.5 Å². The second-order valence-corrected chi connectivity index (χ2v) is 6.91. The van der Waals surface area contributed by atoms with Crippen LogP contribution in [0.4, 0.5) is 0 Å². The molecule has 0 saturated heterocycles. The summed E-state index contributed by atoms with van der Waals surface area (Å²) in [5, 5.41) is 3.06. The monoisotopic (exact) mass is 374 g/mol. The van der Waals surface area contributed by atoms with Gasteiger partial charge in [-0.15, -0.1) is 0 Å². The Morgan fingerprint density at radius 2 is 0.818 bits per heavy atom. The van der Waals surface area contributed by atoms with Crippen molar-refractivity contribution in [3.8, 4) is 0 Å². The normalized spacial score (nSPS) is 11.0. The Balaban J connectivity index is 2.20. The summed E-state index contributed by atoms with van der Waals surface area (Å²) in [5.74, 6) is 0. The Bertz CT molecular complexity index is 618. The van der Waals surface area contributed by atoms with Gasteiger partial charge >= 0.3 is 0 Å². The van der Waals surface area contributed by atoms with Gasteiger partial charge in [-0.3, -0.25) is 0 Å². The first-order chi connectivity index (χ1) is 10.5. The summed E-state index contributed by atoms with van der Waals surface area (Å²) in [5.41, 5.74) is 4.22. The second kappa shape index (κ2) is 7.93. The smallest absolute Gasteiger partial charge is 0.0441 e. The predicted molar refractivity (Wildman–Crippen MR) is 99.1 cm³/mol. The number of aryl methyl sites for hydroxylation is 4. The van der Waals surface area contributed by atoms with Gasteiger partial charge < -0.3 is 0 Å². The number of hydrogen-bond acceptors (Lipinski definition) is 0. The Labute approximate surface area is 152 Å². The van der Waals surface area contributed by atoms with E-state index in [4.69, 9.17) is 46.4 Å². The molecular weight excluding hydrogens is 358 g/mol. The maximum atomic E-state index is 6.35. The fourth-order valence-corrected chi connectivity index (χ4v) is 3.65. The summed E-state index contributed by atoms with van der Waals surface area (Å²) in [6.07, 6.45) is 3.31. The molecule has 0 aliphatic carbocycles. The Kier molecular flexibility index (Phi) is 6.46. The lowest BCUT2D eigenvalue weighted by atomic mass is 10.0. The zero-order chi connectivity index (χ0) is 16.3. The van der Waals surface area contributed by atoms with Crippen molar-refractivity contribution >= 4 is 46.4 Å². The Morgan fingerprint density at radius 3 is 1.14 bits per heavy atom. The zero-order valence-corrected chi connectivity index (χ0v) is 15.7. The van der Waals surface area contributed by atoms with E-state index < -0.39 is 0 Å². The van der Waals surface area contributed by atoms with Crippen molar-refractivity contribution in [1.29, 1.82) is 0 Å². The van der Waals surface area contributed by atoms with E-state index in [2.05, 4.69) is 13.8 Å².